The minimum Gasteiger partial charge on any atom is -0.305 e. The lowest BCUT2D eigenvalue weighted by atomic mass is 9.95. The van der Waals surface area contributed by atoms with E-state index < -0.39 is 0 Å². The summed E-state index contributed by atoms with van der Waals surface area (Å²) in [6.45, 7) is 2.38. The Kier molecular flexibility index (Phi) is 3.17. The van der Waals surface area contributed by atoms with E-state index in [9.17, 15) is 0 Å². The zero-order chi connectivity index (χ0) is 10.6. The lowest BCUT2D eigenvalue weighted by Gasteiger charge is -2.16. The van der Waals surface area contributed by atoms with E-state index in [-0.39, 0.29) is 12.4 Å². The van der Waals surface area contributed by atoms with Crippen LogP contribution in [0.4, 0.5) is 0 Å². The molecule has 1 heterocycles. The molecule has 2 aliphatic rings. The average molecular weight is 279 g/mol. The van der Waals surface area contributed by atoms with Crippen LogP contribution in [-0.2, 0) is 5.41 Å². The fraction of sp³-hybridized carbons (Fsp3) is 0.500. The second-order valence-corrected chi connectivity index (χ2v) is 5.70. The molecule has 3 rings (SSSR count). The van der Waals surface area contributed by atoms with Crippen LogP contribution in [0.2, 0.25) is 10.0 Å². The van der Waals surface area contributed by atoms with Crippen molar-refractivity contribution in [1.82, 2.24) is 4.90 Å². The number of hydrogen-bond acceptors (Lipinski definition) is 1. The van der Waals surface area contributed by atoms with Crippen molar-refractivity contribution >= 4 is 35.6 Å². The molecule has 1 aliphatic heterocycles. The summed E-state index contributed by atoms with van der Waals surface area (Å²) in [5.74, 6) is 0.833. The number of rotatable bonds is 1. The van der Waals surface area contributed by atoms with E-state index in [4.69, 9.17) is 23.2 Å². The van der Waals surface area contributed by atoms with Crippen molar-refractivity contribution in [2.45, 2.75) is 11.8 Å². The van der Waals surface area contributed by atoms with Gasteiger partial charge in [-0.3, -0.25) is 0 Å². The van der Waals surface area contributed by atoms with Crippen LogP contribution >= 0.6 is 35.6 Å². The van der Waals surface area contributed by atoms with Gasteiger partial charge in [-0.25, -0.2) is 0 Å². The minimum absolute atomic E-state index is 0. The average Bonchev–Trinajstić information content (AvgIpc) is 2.75. The minimum atomic E-state index is 0. The molecule has 1 aromatic rings. The van der Waals surface area contributed by atoms with Crippen LogP contribution in [0.25, 0.3) is 0 Å². The number of likely N-dealkylation sites (tertiary alicyclic amines) is 1. The second kappa shape index (κ2) is 4.06. The van der Waals surface area contributed by atoms with Gasteiger partial charge in [-0.1, -0.05) is 29.3 Å². The molecule has 2 atom stereocenters. The number of nitrogens with zero attached hydrogens (tertiary/aromatic N) is 1. The summed E-state index contributed by atoms with van der Waals surface area (Å²) in [6.07, 6.45) is 1.31. The summed E-state index contributed by atoms with van der Waals surface area (Å²) in [5, 5.41) is 1.34. The van der Waals surface area contributed by atoms with Crippen LogP contribution in [0.5, 0.6) is 0 Å². The van der Waals surface area contributed by atoms with Crippen molar-refractivity contribution in [3.05, 3.63) is 33.8 Å². The molecular formula is C12H14Cl3N. The van der Waals surface area contributed by atoms with Gasteiger partial charge in [0.1, 0.15) is 0 Å². The lowest BCUT2D eigenvalue weighted by Crippen LogP contribution is -2.22. The molecule has 0 aromatic heterocycles. The summed E-state index contributed by atoms with van der Waals surface area (Å²) >= 11 is 12.0. The monoisotopic (exact) mass is 277 g/mol. The van der Waals surface area contributed by atoms with Crippen molar-refractivity contribution in [2.24, 2.45) is 5.92 Å². The van der Waals surface area contributed by atoms with Crippen molar-refractivity contribution in [1.29, 1.82) is 0 Å². The predicted octanol–water partition coefficient (Wildman–Crippen LogP) is 3.62. The Bertz CT molecular complexity index is 421. The van der Waals surface area contributed by atoms with Crippen LogP contribution in [-0.4, -0.2) is 25.0 Å². The Morgan fingerprint density at radius 3 is 2.62 bits per heavy atom. The molecule has 0 spiro atoms. The Balaban J connectivity index is 0.000000963. The zero-order valence-electron chi connectivity index (χ0n) is 9.04. The van der Waals surface area contributed by atoms with Gasteiger partial charge in [0.2, 0.25) is 0 Å². The van der Waals surface area contributed by atoms with Gasteiger partial charge in [0.15, 0.2) is 0 Å². The first-order valence-electron chi connectivity index (χ1n) is 5.26. The lowest BCUT2D eigenvalue weighted by molar-refractivity contribution is 0.363. The summed E-state index contributed by atoms with van der Waals surface area (Å²) in [4.78, 5) is 2.40. The largest absolute Gasteiger partial charge is 0.305 e. The van der Waals surface area contributed by atoms with Gasteiger partial charge in [-0.15, -0.1) is 12.4 Å². The summed E-state index contributed by atoms with van der Waals surface area (Å²) < 4.78 is 0. The first-order valence-corrected chi connectivity index (χ1v) is 6.01. The van der Waals surface area contributed by atoms with Gasteiger partial charge in [0.05, 0.1) is 10.0 Å². The third-order valence-corrected chi connectivity index (χ3v) is 4.55. The highest BCUT2D eigenvalue weighted by Crippen LogP contribution is 2.59. The third-order valence-electron chi connectivity index (χ3n) is 3.81. The normalized spacial score (nSPS) is 32.1. The van der Waals surface area contributed by atoms with Crippen LogP contribution in [0, 0.1) is 5.92 Å². The van der Waals surface area contributed by atoms with Crippen molar-refractivity contribution in [3.63, 3.8) is 0 Å². The van der Waals surface area contributed by atoms with Crippen LogP contribution in [0.1, 0.15) is 12.0 Å². The fourth-order valence-electron chi connectivity index (χ4n) is 2.99. The molecule has 2 fully saturated rings. The molecule has 1 aromatic carbocycles. The Hall–Kier alpha value is 0.0500. The van der Waals surface area contributed by atoms with Gasteiger partial charge < -0.3 is 4.90 Å². The van der Waals surface area contributed by atoms with Crippen LogP contribution in [0.15, 0.2) is 18.2 Å². The first-order chi connectivity index (χ1) is 7.12. The molecule has 1 saturated carbocycles. The second-order valence-electron chi connectivity index (χ2n) is 4.88. The molecule has 0 radical (unpaired) electrons. The smallest absolute Gasteiger partial charge is 0.0595 e. The van der Waals surface area contributed by atoms with E-state index in [1.807, 2.05) is 12.1 Å². The van der Waals surface area contributed by atoms with Gasteiger partial charge >= 0.3 is 0 Å². The molecule has 4 heteroatoms. The Labute approximate surface area is 112 Å². The number of hydrogen-bond donors (Lipinski definition) is 0. The quantitative estimate of drug-likeness (QED) is 0.758. The van der Waals surface area contributed by atoms with Gasteiger partial charge in [0.25, 0.3) is 0 Å². The highest BCUT2D eigenvalue weighted by Gasteiger charge is 2.59. The molecule has 88 valence electrons. The maximum absolute atomic E-state index is 6.06. The number of likely N-dealkylation sites (N-methyl/N-ethyl adjacent to an activating group) is 1. The van der Waals surface area contributed by atoms with E-state index >= 15 is 0 Å². The Morgan fingerprint density at radius 1 is 1.31 bits per heavy atom. The standard InChI is InChI=1S/C12H13Cl2N.ClH/c1-15-6-9-5-12(9,7-15)8-2-3-10(13)11(14)4-8;/h2-4,9H,5-7H2,1H3;1H. The molecule has 1 nitrogen and oxygen atoms in total. The van der Waals surface area contributed by atoms with Crippen LogP contribution in [0.3, 0.4) is 0 Å². The van der Waals surface area contributed by atoms with Gasteiger partial charge in [-0.2, -0.15) is 0 Å². The highest BCUT2D eigenvalue weighted by atomic mass is 35.5. The third kappa shape index (κ3) is 1.74. The molecule has 2 unspecified atom stereocenters. The predicted molar refractivity (Wildman–Crippen MR) is 71.0 cm³/mol. The number of piperidine rings is 1. The van der Waals surface area contributed by atoms with E-state index in [0.29, 0.717) is 15.5 Å². The number of benzene rings is 1. The molecule has 0 amide bonds. The number of halogens is 3. The molecule has 0 N–H and O–H groups in total. The maximum Gasteiger partial charge on any atom is 0.0595 e. The van der Waals surface area contributed by atoms with E-state index in [2.05, 4.69) is 18.0 Å². The Morgan fingerprint density at radius 2 is 2.06 bits per heavy atom. The topological polar surface area (TPSA) is 3.24 Å². The first kappa shape index (κ1) is 12.5. The SMILES string of the molecule is CN1CC2CC2(c2ccc(Cl)c(Cl)c2)C1.Cl. The van der Waals surface area contributed by atoms with E-state index in [0.717, 1.165) is 12.5 Å². The van der Waals surface area contributed by atoms with Crippen molar-refractivity contribution < 1.29 is 0 Å². The summed E-state index contributed by atoms with van der Waals surface area (Å²) in [6, 6.07) is 6.10. The molecule has 1 aliphatic carbocycles. The van der Waals surface area contributed by atoms with Crippen LogP contribution < -0.4 is 0 Å². The van der Waals surface area contributed by atoms with Crippen molar-refractivity contribution in [3.8, 4) is 0 Å². The van der Waals surface area contributed by atoms with Gasteiger partial charge in [-0.05, 0) is 37.1 Å². The van der Waals surface area contributed by atoms with E-state index in [1.54, 1.807) is 0 Å². The maximum atomic E-state index is 6.06. The van der Waals surface area contributed by atoms with Gasteiger partial charge in [0, 0.05) is 18.5 Å². The molecule has 0 bridgehead atoms. The molecule has 1 saturated heterocycles. The van der Waals surface area contributed by atoms with E-state index in [1.165, 1.54) is 18.5 Å². The zero-order valence-corrected chi connectivity index (χ0v) is 11.4. The highest BCUT2D eigenvalue weighted by molar-refractivity contribution is 6.42. The number of fused-ring (bicyclic) bond motifs is 1. The van der Waals surface area contributed by atoms with Crippen molar-refractivity contribution in [2.75, 3.05) is 20.1 Å². The molecule has 16 heavy (non-hydrogen) atoms. The summed E-state index contributed by atoms with van der Waals surface area (Å²) in [7, 11) is 2.19. The summed E-state index contributed by atoms with van der Waals surface area (Å²) in [5.41, 5.74) is 1.76. The fourth-order valence-corrected chi connectivity index (χ4v) is 3.28. The molecular weight excluding hydrogens is 264 g/mol.